The molecule has 1 aromatic rings. The number of ketones is 1. The van der Waals surface area contributed by atoms with E-state index in [9.17, 15) is 9.59 Å². The van der Waals surface area contributed by atoms with E-state index < -0.39 is 0 Å². The molecule has 1 N–H and O–H groups in total. The van der Waals surface area contributed by atoms with E-state index in [1.807, 2.05) is 4.90 Å². The molecular weight excluding hydrogens is 252 g/mol. The van der Waals surface area contributed by atoms with Gasteiger partial charge in [0, 0.05) is 23.3 Å². The van der Waals surface area contributed by atoms with Crippen molar-refractivity contribution in [2.45, 2.75) is 52.1 Å². The summed E-state index contributed by atoms with van der Waals surface area (Å²) < 4.78 is 0. The summed E-state index contributed by atoms with van der Waals surface area (Å²) in [5, 5.41) is 2.91. The van der Waals surface area contributed by atoms with E-state index in [2.05, 4.69) is 19.2 Å². The molecule has 0 bridgehead atoms. The Morgan fingerprint density at radius 2 is 1.65 bits per heavy atom. The number of piperidine rings is 1. The average Bonchev–Trinajstić information content (AvgIpc) is 2.39. The zero-order valence-electron chi connectivity index (χ0n) is 12.3. The van der Waals surface area contributed by atoms with Crippen molar-refractivity contribution in [3.8, 4) is 0 Å². The Labute approximate surface area is 120 Å². The van der Waals surface area contributed by atoms with Gasteiger partial charge in [0.1, 0.15) is 0 Å². The van der Waals surface area contributed by atoms with Crippen LogP contribution in [0.25, 0.3) is 0 Å². The fraction of sp³-hybridized carbons (Fsp3) is 0.500. The second-order valence-corrected chi connectivity index (χ2v) is 5.60. The molecule has 0 radical (unpaired) electrons. The van der Waals surface area contributed by atoms with Crippen LogP contribution in [0.5, 0.6) is 0 Å². The first-order chi connectivity index (χ1) is 9.49. The second kappa shape index (κ2) is 6.07. The summed E-state index contributed by atoms with van der Waals surface area (Å²) in [6.07, 6.45) is 3.29. The van der Waals surface area contributed by atoms with Crippen molar-refractivity contribution in [2.24, 2.45) is 0 Å². The summed E-state index contributed by atoms with van der Waals surface area (Å²) >= 11 is 0. The SMILES string of the molecule is CC(=O)c1ccc(NC(=O)N2C(C)CCCC2C)cc1. The van der Waals surface area contributed by atoms with Crippen molar-refractivity contribution in [3.63, 3.8) is 0 Å². The van der Waals surface area contributed by atoms with Gasteiger partial charge in [-0.2, -0.15) is 0 Å². The molecule has 0 aliphatic carbocycles. The van der Waals surface area contributed by atoms with Gasteiger partial charge in [0.25, 0.3) is 0 Å². The van der Waals surface area contributed by atoms with Gasteiger partial charge < -0.3 is 10.2 Å². The Hall–Kier alpha value is -1.84. The molecule has 108 valence electrons. The van der Waals surface area contributed by atoms with Crippen LogP contribution in [0.1, 0.15) is 50.4 Å². The van der Waals surface area contributed by atoms with Crippen LogP contribution < -0.4 is 5.32 Å². The maximum Gasteiger partial charge on any atom is 0.322 e. The molecular formula is C16H22N2O2. The van der Waals surface area contributed by atoms with Crippen LogP contribution >= 0.6 is 0 Å². The quantitative estimate of drug-likeness (QED) is 0.836. The third-order valence-corrected chi connectivity index (χ3v) is 3.97. The molecule has 1 heterocycles. The maximum atomic E-state index is 12.4. The summed E-state index contributed by atoms with van der Waals surface area (Å²) in [4.78, 5) is 25.5. The molecule has 4 nitrogen and oxygen atoms in total. The van der Waals surface area contributed by atoms with Crippen molar-refractivity contribution < 1.29 is 9.59 Å². The largest absolute Gasteiger partial charge is 0.322 e. The smallest absolute Gasteiger partial charge is 0.319 e. The standard InChI is InChI=1S/C16H22N2O2/c1-11-5-4-6-12(2)18(11)16(20)17-15-9-7-14(8-10-15)13(3)19/h7-12H,4-6H2,1-3H3,(H,17,20). The van der Waals surface area contributed by atoms with E-state index in [1.165, 1.54) is 13.3 Å². The molecule has 2 atom stereocenters. The van der Waals surface area contributed by atoms with Crippen LogP contribution in [0.4, 0.5) is 10.5 Å². The molecule has 1 saturated heterocycles. The number of benzene rings is 1. The highest BCUT2D eigenvalue weighted by Gasteiger charge is 2.28. The molecule has 4 heteroatoms. The van der Waals surface area contributed by atoms with Crippen LogP contribution in [0.2, 0.25) is 0 Å². The number of amides is 2. The van der Waals surface area contributed by atoms with E-state index in [-0.39, 0.29) is 23.9 Å². The topological polar surface area (TPSA) is 49.4 Å². The molecule has 1 aliphatic rings. The van der Waals surface area contributed by atoms with Gasteiger partial charge in [-0.05, 0) is 64.3 Å². The molecule has 1 fully saturated rings. The summed E-state index contributed by atoms with van der Waals surface area (Å²) in [6, 6.07) is 7.51. The number of Topliss-reactive ketones (excluding diaryl/α,β-unsaturated/α-hetero) is 1. The Morgan fingerprint density at radius 3 is 2.15 bits per heavy atom. The lowest BCUT2D eigenvalue weighted by atomic mass is 9.98. The Kier molecular flexibility index (Phi) is 4.42. The predicted molar refractivity (Wildman–Crippen MR) is 80.1 cm³/mol. The number of urea groups is 1. The van der Waals surface area contributed by atoms with E-state index in [0.29, 0.717) is 5.56 Å². The van der Waals surface area contributed by atoms with Gasteiger partial charge in [-0.25, -0.2) is 4.79 Å². The van der Waals surface area contributed by atoms with E-state index in [1.54, 1.807) is 24.3 Å². The lowest BCUT2D eigenvalue weighted by Gasteiger charge is -2.38. The van der Waals surface area contributed by atoms with Gasteiger partial charge in [0.15, 0.2) is 5.78 Å². The third kappa shape index (κ3) is 3.18. The third-order valence-electron chi connectivity index (χ3n) is 3.97. The number of carbonyl (C=O) groups is 2. The van der Waals surface area contributed by atoms with Gasteiger partial charge in [-0.15, -0.1) is 0 Å². The van der Waals surface area contributed by atoms with E-state index in [4.69, 9.17) is 0 Å². The van der Waals surface area contributed by atoms with Gasteiger partial charge >= 0.3 is 6.03 Å². The summed E-state index contributed by atoms with van der Waals surface area (Å²) in [5.41, 5.74) is 1.38. The number of nitrogens with one attached hydrogen (secondary N) is 1. The van der Waals surface area contributed by atoms with Crippen LogP contribution in [-0.4, -0.2) is 28.8 Å². The minimum atomic E-state index is -0.0553. The Balaban J connectivity index is 2.05. The van der Waals surface area contributed by atoms with Crippen LogP contribution in [0.15, 0.2) is 24.3 Å². The van der Waals surface area contributed by atoms with Crippen molar-refractivity contribution in [1.82, 2.24) is 4.90 Å². The summed E-state index contributed by atoms with van der Waals surface area (Å²) in [6.45, 7) is 5.72. The number of hydrogen-bond acceptors (Lipinski definition) is 2. The molecule has 0 saturated carbocycles. The van der Waals surface area contributed by atoms with Gasteiger partial charge in [0.05, 0.1) is 0 Å². The van der Waals surface area contributed by atoms with Gasteiger partial charge in [-0.1, -0.05) is 0 Å². The average molecular weight is 274 g/mol. The number of hydrogen-bond donors (Lipinski definition) is 1. The van der Waals surface area contributed by atoms with Crippen molar-refractivity contribution in [3.05, 3.63) is 29.8 Å². The maximum absolute atomic E-state index is 12.4. The molecule has 20 heavy (non-hydrogen) atoms. The first-order valence-corrected chi connectivity index (χ1v) is 7.19. The number of rotatable bonds is 2. The molecule has 2 amide bonds. The second-order valence-electron chi connectivity index (χ2n) is 5.60. The Morgan fingerprint density at radius 1 is 1.10 bits per heavy atom. The lowest BCUT2D eigenvalue weighted by molar-refractivity contribution is 0.101. The zero-order valence-corrected chi connectivity index (χ0v) is 12.3. The van der Waals surface area contributed by atoms with E-state index >= 15 is 0 Å². The highest BCUT2D eigenvalue weighted by Crippen LogP contribution is 2.23. The fourth-order valence-electron chi connectivity index (χ4n) is 2.80. The van der Waals surface area contributed by atoms with Gasteiger partial charge in [0.2, 0.25) is 0 Å². The van der Waals surface area contributed by atoms with Crippen LogP contribution in [0, 0.1) is 0 Å². The number of likely N-dealkylation sites (tertiary alicyclic amines) is 1. The van der Waals surface area contributed by atoms with Crippen molar-refractivity contribution in [1.29, 1.82) is 0 Å². The minimum absolute atomic E-state index is 0.0288. The lowest BCUT2D eigenvalue weighted by Crippen LogP contribution is -2.49. The first-order valence-electron chi connectivity index (χ1n) is 7.19. The van der Waals surface area contributed by atoms with Crippen molar-refractivity contribution >= 4 is 17.5 Å². The highest BCUT2D eigenvalue weighted by molar-refractivity contribution is 5.95. The van der Waals surface area contributed by atoms with Crippen LogP contribution in [-0.2, 0) is 0 Å². The number of nitrogens with zero attached hydrogens (tertiary/aromatic N) is 1. The molecule has 0 aromatic heterocycles. The fourth-order valence-corrected chi connectivity index (χ4v) is 2.80. The van der Waals surface area contributed by atoms with Crippen molar-refractivity contribution in [2.75, 3.05) is 5.32 Å². The number of anilines is 1. The summed E-state index contributed by atoms with van der Waals surface area (Å²) in [7, 11) is 0. The monoisotopic (exact) mass is 274 g/mol. The molecule has 2 rings (SSSR count). The predicted octanol–water partition coefficient (Wildman–Crippen LogP) is 3.68. The zero-order chi connectivity index (χ0) is 14.7. The number of carbonyl (C=O) groups excluding carboxylic acids is 2. The molecule has 2 unspecified atom stereocenters. The van der Waals surface area contributed by atoms with E-state index in [0.717, 1.165) is 18.5 Å². The minimum Gasteiger partial charge on any atom is -0.319 e. The van der Waals surface area contributed by atoms with Crippen LogP contribution in [0.3, 0.4) is 0 Å². The normalized spacial score (nSPS) is 22.4. The first kappa shape index (κ1) is 14.6. The highest BCUT2D eigenvalue weighted by atomic mass is 16.2. The van der Waals surface area contributed by atoms with Gasteiger partial charge in [-0.3, -0.25) is 4.79 Å². The molecule has 1 aromatic carbocycles. The Bertz CT molecular complexity index is 486. The molecule has 0 spiro atoms. The molecule has 1 aliphatic heterocycles. The summed E-state index contributed by atoms with van der Waals surface area (Å²) in [5.74, 6) is 0.0288.